The molecule has 1 unspecified atom stereocenters. The quantitative estimate of drug-likeness (QED) is 0.0213. The Labute approximate surface area is 318 Å². The van der Waals surface area contributed by atoms with Gasteiger partial charge in [-0.1, -0.05) is 144 Å². The molecule has 0 saturated heterocycles. The second kappa shape index (κ2) is 40.4. The summed E-state index contributed by atoms with van der Waals surface area (Å²) in [4.78, 5) is 37.5. The van der Waals surface area contributed by atoms with Gasteiger partial charge in [0.2, 0.25) is 0 Å². The summed E-state index contributed by atoms with van der Waals surface area (Å²) >= 11 is 0. The minimum Gasteiger partial charge on any atom is -0.462 e. The van der Waals surface area contributed by atoms with Crippen molar-refractivity contribution in [3.63, 3.8) is 0 Å². The third kappa shape index (κ3) is 37.8. The van der Waals surface area contributed by atoms with E-state index in [1.54, 1.807) is 0 Å². The predicted octanol–water partition coefficient (Wildman–Crippen LogP) is 12.9. The molecule has 0 rings (SSSR count). The van der Waals surface area contributed by atoms with Crippen LogP contribution < -0.4 is 0 Å². The minimum atomic E-state index is -0.806. The predicted molar refractivity (Wildman–Crippen MR) is 219 cm³/mol. The maximum Gasteiger partial charge on any atom is 0.306 e. The van der Waals surface area contributed by atoms with Gasteiger partial charge in [-0.3, -0.25) is 14.4 Å². The van der Waals surface area contributed by atoms with Crippen LogP contribution in [-0.4, -0.2) is 37.2 Å². The van der Waals surface area contributed by atoms with Crippen molar-refractivity contribution >= 4 is 17.9 Å². The molecule has 0 saturated carbocycles. The molecule has 294 valence electrons. The van der Waals surface area contributed by atoms with Crippen LogP contribution in [0.25, 0.3) is 0 Å². The van der Waals surface area contributed by atoms with Crippen LogP contribution >= 0.6 is 0 Å². The summed E-state index contributed by atoms with van der Waals surface area (Å²) in [5.74, 6) is -1.01. The van der Waals surface area contributed by atoms with E-state index in [1.807, 2.05) is 36.5 Å². The first-order chi connectivity index (χ1) is 25.5. The van der Waals surface area contributed by atoms with Gasteiger partial charge in [0.25, 0.3) is 0 Å². The molecule has 6 nitrogen and oxygen atoms in total. The van der Waals surface area contributed by atoms with E-state index >= 15 is 0 Å². The van der Waals surface area contributed by atoms with Crippen molar-refractivity contribution in [1.29, 1.82) is 0 Å². The molecule has 0 aliphatic carbocycles. The Kier molecular flexibility index (Phi) is 37.7. The van der Waals surface area contributed by atoms with Gasteiger partial charge in [0.1, 0.15) is 13.2 Å². The molecule has 0 spiro atoms. The number of unbranched alkanes of at least 4 members (excludes halogenated alkanes) is 13. The highest BCUT2D eigenvalue weighted by atomic mass is 16.6. The van der Waals surface area contributed by atoms with Gasteiger partial charge in [0.15, 0.2) is 6.10 Å². The molecule has 0 amide bonds. The average molecular weight is 723 g/mol. The van der Waals surface area contributed by atoms with Gasteiger partial charge < -0.3 is 14.2 Å². The molecule has 1 atom stereocenters. The fraction of sp³-hybridized carbons (Fsp3) is 0.630. The van der Waals surface area contributed by atoms with Gasteiger partial charge in [-0.25, -0.2) is 0 Å². The molecule has 52 heavy (non-hydrogen) atoms. The fourth-order valence-corrected chi connectivity index (χ4v) is 5.13. The van der Waals surface area contributed by atoms with Crippen LogP contribution in [0.1, 0.15) is 168 Å². The number of ether oxygens (including phenoxy) is 3. The smallest absolute Gasteiger partial charge is 0.306 e. The van der Waals surface area contributed by atoms with Crippen LogP contribution in [0.4, 0.5) is 0 Å². The van der Waals surface area contributed by atoms with Crippen molar-refractivity contribution < 1.29 is 28.6 Å². The van der Waals surface area contributed by atoms with E-state index in [0.29, 0.717) is 19.3 Å². The Balaban J connectivity index is 4.51. The third-order valence-corrected chi connectivity index (χ3v) is 8.21. The van der Waals surface area contributed by atoms with Crippen molar-refractivity contribution in [2.75, 3.05) is 13.2 Å². The number of hydrogen-bond acceptors (Lipinski definition) is 6. The zero-order valence-electron chi connectivity index (χ0n) is 33.3. The van der Waals surface area contributed by atoms with Crippen LogP contribution in [0, 0.1) is 0 Å². The van der Waals surface area contributed by atoms with Crippen LogP contribution in [0.5, 0.6) is 0 Å². The normalized spacial score (nSPS) is 12.9. The maximum atomic E-state index is 12.7. The lowest BCUT2D eigenvalue weighted by Gasteiger charge is -2.18. The van der Waals surface area contributed by atoms with Crippen molar-refractivity contribution in [2.24, 2.45) is 0 Å². The molecule has 6 heteroatoms. The molecule has 0 bridgehead atoms. The van der Waals surface area contributed by atoms with Crippen molar-refractivity contribution in [1.82, 2.24) is 0 Å². The highest BCUT2D eigenvalue weighted by Crippen LogP contribution is 2.11. The number of carbonyl (C=O) groups excluding carboxylic acids is 3. The maximum absolute atomic E-state index is 12.7. The first-order valence-electron chi connectivity index (χ1n) is 20.6. The number of esters is 3. The largest absolute Gasteiger partial charge is 0.462 e. The van der Waals surface area contributed by atoms with Gasteiger partial charge >= 0.3 is 17.9 Å². The molecule has 0 aromatic heterocycles. The minimum absolute atomic E-state index is 0.112. The first kappa shape index (κ1) is 48.6. The molecular weight excluding hydrogens is 648 g/mol. The number of hydrogen-bond donors (Lipinski definition) is 0. The molecule has 0 N–H and O–H groups in total. The van der Waals surface area contributed by atoms with Crippen LogP contribution in [0.15, 0.2) is 85.1 Å². The van der Waals surface area contributed by atoms with E-state index in [2.05, 4.69) is 69.4 Å². The van der Waals surface area contributed by atoms with E-state index in [-0.39, 0.29) is 31.1 Å². The standard InChI is InChI=1S/C46H74O6/c1-4-7-10-13-16-19-21-23-25-27-30-33-36-39-45(48)51-42-43(41-50-44(47)38-35-32-29-26-18-15-12-9-6-3)52-46(49)40-37-34-31-28-24-22-20-17-14-11-8-5-2/h7,9-10,12-13,16-21,23,25-26,43H,4-6,8,11,14-15,22,24,27-42H2,1-3H3/b10-7-,12-9-,16-13-,20-17-,21-19-,25-23-,26-18-. The average Bonchev–Trinajstić information content (AvgIpc) is 3.14. The summed E-state index contributed by atoms with van der Waals surface area (Å²) in [5.41, 5.74) is 0. The summed E-state index contributed by atoms with van der Waals surface area (Å²) in [6.07, 6.45) is 50.0. The van der Waals surface area contributed by atoms with Gasteiger partial charge in [0.05, 0.1) is 0 Å². The Bertz CT molecular complexity index is 1060. The summed E-state index contributed by atoms with van der Waals surface area (Å²) < 4.78 is 16.5. The lowest BCUT2D eigenvalue weighted by Crippen LogP contribution is -2.30. The summed E-state index contributed by atoms with van der Waals surface area (Å²) in [6, 6.07) is 0. The molecule has 0 aromatic rings. The van der Waals surface area contributed by atoms with Crippen molar-refractivity contribution in [2.45, 2.75) is 175 Å². The van der Waals surface area contributed by atoms with Crippen LogP contribution in [-0.2, 0) is 28.6 Å². The molecule has 0 aliphatic rings. The van der Waals surface area contributed by atoms with Gasteiger partial charge in [-0.2, -0.15) is 0 Å². The molecular formula is C46H74O6. The van der Waals surface area contributed by atoms with E-state index in [9.17, 15) is 14.4 Å². The Morgan fingerprint density at radius 1 is 0.423 bits per heavy atom. The fourth-order valence-electron chi connectivity index (χ4n) is 5.13. The number of carbonyl (C=O) groups is 3. The van der Waals surface area contributed by atoms with Gasteiger partial charge in [-0.15, -0.1) is 0 Å². The third-order valence-electron chi connectivity index (χ3n) is 8.21. The summed E-state index contributed by atoms with van der Waals surface area (Å²) in [6.45, 7) is 6.23. The van der Waals surface area contributed by atoms with Crippen molar-refractivity contribution in [3.8, 4) is 0 Å². The zero-order valence-corrected chi connectivity index (χ0v) is 33.3. The zero-order chi connectivity index (χ0) is 38.0. The van der Waals surface area contributed by atoms with E-state index in [0.717, 1.165) is 96.3 Å². The highest BCUT2D eigenvalue weighted by Gasteiger charge is 2.19. The topological polar surface area (TPSA) is 78.9 Å². The van der Waals surface area contributed by atoms with E-state index in [4.69, 9.17) is 14.2 Å². The Hall–Kier alpha value is -3.41. The van der Waals surface area contributed by atoms with E-state index in [1.165, 1.54) is 32.1 Å². The first-order valence-corrected chi connectivity index (χ1v) is 20.6. The van der Waals surface area contributed by atoms with Crippen molar-refractivity contribution in [3.05, 3.63) is 85.1 Å². The highest BCUT2D eigenvalue weighted by molar-refractivity contribution is 5.71. The number of rotatable bonds is 35. The van der Waals surface area contributed by atoms with Gasteiger partial charge in [0, 0.05) is 19.3 Å². The monoisotopic (exact) mass is 723 g/mol. The second-order valence-corrected chi connectivity index (χ2v) is 13.2. The Morgan fingerprint density at radius 2 is 0.846 bits per heavy atom. The molecule has 0 aromatic carbocycles. The van der Waals surface area contributed by atoms with E-state index < -0.39 is 6.10 Å². The lowest BCUT2D eigenvalue weighted by atomic mass is 10.1. The van der Waals surface area contributed by atoms with Gasteiger partial charge in [-0.05, 0) is 89.9 Å². The molecule has 0 fully saturated rings. The molecule has 0 heterocycles. The van der Waals surface area contributed by atoms with Crippen LogP contribution in [0.3, 0.4) is 0 Å². The lowest BCUT2D eigenvalue weighted by molar-refractivity contribution is -0.167. The number of allylic oxidation sites excluding steroid dienone is 14. The second-order valence-electron chi connectivity index (χ2n) is 13.2. The molecule has 0 aliphatic heterocycles. The SMILES string of the molecule is CC\C=C/C=C\C=C/C=C\CCCCCC(=O)OCC(COC(=O)CCCC/C=C\C/C=C\CC)OC(=O)CCCCCCC/C=C\CCCCC. The summed E-state index contributed by atoms with van der Waals surface area (Å²) in [7, 11) is 0. The summed E-state index contributed by atoms with van der Waals surface area (Å²) in [5, 5.41) is 0. The molecule has 0 radical (unpaired) electrons. The Morgan fingerprint density at radius 3 is 1.46 bits per heavy atom. The van der Waals surface area contributed by atoms with Crippen LogP contribution in [0.2, 0.25) is 0 Å².